The van der Waals surface area contributed by atoms with Crippen molar-refractivity contribution in [2.45, 2.75) is 31.7 Å². The Morgan fingerprint density at radius 1 is 1.35 bits per heavy atom. The van der Waals surface area contributed by atoms with Crippen LogP contribution < -0.4 is 11.1 Å². The quantitative estimate of drug-likeness (QED) is 0.658. The number of anilines is 1. The molecule has 0 amide bonds. The van der Waals surface area contributed by atoms with Gasteiger partial charge >= 0.3 is 5.69 Å². The molecule has 1 fully saturated rings. The summed E-state index contributed by atoms with van der Waals surface area (Å²) in [5.74, 6) is -1.84. The van der Waals surface area contributed by atoms with E-state index >= 15 is 0 Å². The molecule has 2 rings (SSSR count). The second-order valence-corrected chi connectivity index (χ2v) is 5.07. The normalized spacial score (nSPS) is 22.6. The Bertz CT molecular complexity index is 511. The first-order valence-corrected chi connectivity index (χ1v) is 6.63. The van der Waals surface area contributed by atoms with Crippen LogP contribution in [0.5, 0.6) is 0 Å². The summed E-state index contributed by atoms with van der Waals surface area (Å²) in [5.41, 5.74) is 4.85. The number of halogens is 2. The minimum Gasteiger partial charge on any atom is -0.376 e. The molecule has 0 spiro atoms. The minimum atomic E-state index is -1.17. The fourth-order valence-electron chi connectivity index (χ4n) is 2.74. The molecular weight excluding hydrogens is 268 g/mol. The van der Waals surface area contributed by atoms with Crippen molar-refractivity contribution in [2.24, 2.45) is 11.7 Å². The summed E-state index contributed by atoms with van der Waals surface area (Å²) in [7, 11) is 0. The van der Waals surface area contributed by atoms with Crippen molar-refractivity contribution in [2.75, 3.05) is 11.9 Å². The first-order valence-electron chi connectivity index (χ1n) is 6.63. The summed E-state index contributed by atoms with van der Waals surface area (Å²) in [6.45, 7) is 0.448. The number of nitrogens with two attached hydrogens (primary N) is 1. The molecular formula is C13H17F2N3O2. The second kappa shape index (κ2) is 6.13. The van der Waals surface area contributed by atoms with Gasteiger partial charge in [-0.15, -0.1) is 0 Å². The first kappa shape index (κ1) is 14.6. The number of nitro benzene ring substituents is 1. The molecule has 20 heavy (non-hydrogen) atoms. The van der Waals surface area contributed by atoms with Gasteiger partial charge in [0.15, 0.2) is 0 Å². The van der Waals surface area contributed by atoms with Crippen LogP contribution in [0.4, 0.5) is 20.2 Å². The lowest BCUT2D eigenvalue weighted by Gasteiger charge is -2.31. The zero-order chi connectivity index (χ0) is 14.7. The Labute approximate surface area is 115 Å². The molecule has 0 radical (unpaired) electrons. The molecule has 5 nitrogen and oxygen atoms in total. The van der Waals surface area contributed by atoms with E-state index in [1.807, 2.05) is 0 Å². The van der Waals surface area contributed by atoms with Crippen molar-refractivity contribution in [3.05, 3.63) is 33.9 Å². The highest BCUT2D eigenvalue weighted by molar-refractivity contribution is 5.62. The molecule has 1 aliphatic carbocycles. The van der Waals surface area contributed by atoms with Crippen molar-refractivity contribution in [3.63, 3.8) is 0 Å². The Morgan fingerprint density at radius 3 is 2.70 bits per heavy atom. The van der Waals surface area contributed by atoms with E-state index in [4.69, 9.17) is 5.73 Å². The van der Waals surface area contributed by atoms with E-state index < -0.39 is 22.2 Å². The van der Waals surface area contributed by atoms with Crippen LogP contribution in [-0.4, -0.2) is 17.5 Å². The van der Waals surface area contributed by atoms with E-state index in [1.165, 1.54) is 0 Å². The van der Waals surface area contributed by atoms with Gasteiger partial charge in [0.1, 0.15) is 11.5 Å². The lowest BCUT2D eigenvalue weighted by Crippen LogP contribution is -2.36. The largest absolute Gasteiger partial charge is 0.376 e. The average molecular weight is 285 g/mol. The average Bonchev–Trinajstić information content (AvgIpc) is 2.38. The highest BCUT2D eigenvalue weighted by Crippen LogP contribution is 2.33. The Morgan fingerprint density at radius 2 is 2.05 bits per heavy atom. The van der Waals surface area contributed by atoms with Gasteiger partial charge in [-0.25, -0.2) is 4.39 Å². The van der Waals surface area contributed by atoms with Crippen LogP contribution in [0.2, 0.25) is 0 Å². The molecule has 2 unspecified atom stereocenters. The van der Waals surface area contributed by atoms with Gasteiger partial charge in [0, 0.05) is 18.2 Å². The topological polar surface area (TPSA) is 81.2 Å². The Balaban J connectivity index is 2.30. The second-order valence-electron chi connectivity index (χ2n) is 5.07. The highest BCUT2D eigenvalue weighted by Gasteiger charge is 2.28. The van der Waals surface area contributed by atoms with Gasteiger partial charge in [0.05, 0.1) is 4.92 Å². The SMILES string of the molecule is NCC1CCCCC1Nc1cc(F)cc(F)c1[N+](=O)[O-]. The van der Waals surface area contributed by atoms with Crippen molar-refractivity contribution in [1.82, 2.24) is 0 Å². The highest BCUT2D eigenvalue weighted by atomic mass is 19.1. The molecule has 2 atom stereocenters. The van der Waals surface area contributed by atoms with E-state index in [1.54, 1.807) is 0 Å². The van der Waals surface area contributed by atoms with Crippen molar-refractivity contribution >= 4 is 11.4 Å². The van der Waals surface area contributed by atoms with Crippen molar-refractivity contribution in [1.29, 1.82) is 0 Å². The number of nitrogens with one attached hydrogen (secondary N) is 1. The molecule has 1 aliphatic rings. The van der Waals surface area contributed by atoms with Crippen LogP contribution in [-0.2, 0) is 0 Å². The fourth-order valence-corrected chi connectivity index (χ4v) is 2.74. The smallest absolute Gasteiger partial charge is 0.327 e. The number of nitrogens with zero attached hydrogens (tertiary/aromatic N) is 1. The van der Waals surface area contributed by atoms with Gasteiger partial charge in [0.2, 0.25) is 5.82 Å². The maximum absolute atomic E-state index is 13.5. The Hall–Kier alpha value is -1.76. The molecule has 7 heteroatoms. The third kappa shape index (κ3) is 3.04. The monoisotopic (exact) mass is 285 g/mol. The fraction of sp³-hybridized carbons (Fsp3) is 0.538. The van der Waals surface area contributed by atoms with Crippen LogP contribution >= 0.6 is 0 Å². The number of nitro groups is 1. The van der Waals surface area contributed by atoms with E-state index in [0.717, 1.165) is 31.7 Å². The van der Waals surface area contributed by atoms with Gasteiger partial charge < -0.3 is 11.1 Å². The molecule has 0 bridgehead atoms. The summed E-state index contributed by atoms with van der Waals surface area (Å²) in [6.07, 6.45) is 3.73. The number of rotatable bonds is 4. The number of hydrogen-bond acceptors (Lipinski definition) is 4. The third-order valence-corrected chi connectivity index (χ3v) is 3.76. The third-order valence-electron chi connectivity index (χ3n) is 3.76. The van der Waals surface area contributed by atoms with Gasteiger partial charge in [-0.2, -0.15) is 4.39 Å². The van der Waals surface area contributed by atoms with Gasteiger partial charge in [-0.05, 0) is 25.3 Å². The summed E-state index contributed by atoms with van der Waals surface area (Å²) in [6, 6.07) is 1.39. The summed E-state index contributed by atoms with van der Waals surface area (Å²) < 4.78 is 26.8. The first-order chi connectivity index (χ1) is 9.52. The van der Waals surface area contributed by atoms with Crippen LogP contribution in [0.3, 0.4) is 0 Å². The zero-order valence-electron chi connectivity index (χ0n) is 10.9. The van der Waals surface area contributed by atoms with Crippen LogP contribution in [0.1, 0.15) is 25.7 Å². The molecule has 0 heterocycles. The summed E-state index contributed by atoms with van der Waals surface area (Å²) in [5, 5.41) is 13.8. The van der Waals surface area contributed by atoms with Gasteiger partial charge in [0.25, 0.3) is 0 Å². The Kier molecular flexibility index (Phi) is 4.49. The maximum Gasteiger partial charge on any atom is 0.327 e. The molecule has 0 aromatic heterocycles. The van der Waals surface area contributed by atoms with E-state index in [0.29, 0.717) is 12.6 Å². The van der Waals surface area contributed by atoms with Crippen molar-refractivity contribution < 1.29 is 13.7 Å². The van der Waals surface area contributed by atoms with Crippen LogP contribution in [0, 0.1) is 27.7 Å². The van der Waals surface area contributed by atoms with E-state index in [2.05, 4.69) is 5.32 Å². The zero-order valence-corrected chi connectivity index (χ0v) is 10.9. The van der Waals surface area contributed by atoms with Crippen LogP contribution in [0.15, 0.2) is 12.1 Å². The van der Waals surface area contributed by atoms with Crippen molar-refractivity contribution in [3.8, 4) is 0 Å². The molecule has 3 N–H and O–H groups in total. The predicted molar refractivity (Wildman–Crippen MR) is 71.4 cm³/mol. The maximum atomic E-state index is 13.5. The lowest BCUT2D eigenvalue weighted by molar-refractivity contribution is -0.386. The van der Waals surface area contributed by atoms with Gasteiger partial charge in [-0.3, -0.25) is 10.1 Å². The molecule has 1 saturated carbocycles. The van der Waals surface area contributed by atoms with E-state index in [9.17, 15) is 18.9 Å². The molecule has 1 aromatic carbocycles. The number of hydrogen-bond donors (Lipinski definition) is 2. The standard InChI is InChI=1S/C13H17F2N3O2/c14-9-5-10(15)13(18(19)20)12(6-9)17-11-4-2-1-3-8(11)7-16/h5-6,8,11,17H,1-4,7,16H2. The van der Waals surface area contributed by atoms with Gasteiger partial charge in [-0.1, -0.05) is 12.8 Å². The molecule has 1 aromatic rings. The molecule has 0 saturated heterocycles. The molecule has 0 aliphatic heterocycles. The minimum absolute atomic E-state index is 0.0892. The summed E-state index contributed by atoms with van der Waals surface area (Å²) in [4.78, 5) is 10.1. The molecule has 110 valence electrons. The number of benzene rings is 1. The predicted octanol–water partition coefficient (Wildman–Crippen LogP) is 2.80. The summed E-state index contributed by atoms with van der Waals surface area (Å²) >= 11 is 0. The van der Waals surface area contributed by atoms with E-state index in [-0.39, 0.29) is 17.6 Å². The van der Waals surface area contributed by atoms with Crippen LogP contribution in [0.25, 0.3) is 0 Å². The lowest BCUT2D eigenvalue weighted by atomic mass is 9.84.